The molecule has 1 amide bonds. The smallest absolute Gasteiger partial charge is 0.254 e. The van der Waals surface area contributed by atoms with Crippen LogP contribution in [0.4, 0.5) is 4.39 Å². The zero-order chi connectivity index (χ0) is 18.6. The first kappa shape index (κ1) is 18.3. The fourth-order valence-corrected chi connectivity index (χ4v) is 5.34. The van der Waals surface area contributed by atoms with Crippen LogP contribution in [-0.2, 0) is 9.84 Å². The summed E-state index contributed by atoms with van der Waals surface area (Å²) >= 11 is 1.30. The van der Waals surface area contributed by atoms with Crippen LogP contribution in [-0.4, -0.2) is 20.9 Å². The number of hydrogen-bond acceptors (Lipinski definition) is 4. The number of nitrogens with one attached hydrogen (secondary N) is 1. The first-order chi connectivity index (χ1) is 12.5. The topological polar surface area (TPSA) is 63.2 Å². The van der Waals surface area contributed by atoms with Crippen molar-refractivity contribution < 1.29 is 17.6 Å². The Balaban J connectivity index is 1.87. The van der Waals surface area contributed by atoms with Crippen LogP contribution in [0.2, 0.25) is 0 Å². The summed E-state index contributed by atoms with van der Waals surface area (Å²) in [6.45, 7) is -0.148. The van der Waals surface area contributed by atoms with Gasteiger partial charge >= 0.3 is 0 Å². The van der Waals surface area contributed by atoms with Crippen molar-refractivity contribution in [2.45, 2.75) is 10.1 Å². The highest BCUT2D eigenvalue weighted by Crippen LogP contribution is 2.31. The van der Waals surface area contributed by atoms with Gasteiger partial charge in [-0.3, -0.25) is 4.79 Å². The fourth-order valence-electron chi connectivity index (χ4n) is 2.54. The van der Waals surface area contributed by atoms with E-state index in [-0.39, 0.29) is 17.0 Å². The van der Waals surface area contributed by atoms with Crippen molar-refractivity contribution in [3.8, 4) is 0 Å². The number of sulfone groups is 1. The molecule has 1 atom stereocenters. The van der Waals surface area contributed by atoms with E-state index >= 15 is 0 Å². The van der Waals surface area contributed by atoms with Crippen LogP contribution in [0.15, 0.2) is 77.0 Å². The molecule has 2 aromatic carbocycles. The molecule has 7 heteroatoms. The molecule has 0 saturated heterocycles. The molecule has 134 valence electrons. The standard InChI is InChI=1S/C19H16FNO3S2/c20-16-10-5-4-9-15(16)19(22)21-13-18(17-11-6-12-25-17)26(23,24)14-7-2-1-3-8-14/h1-12,18H,13H2,(H,21,22). The van der Waals surface area contributed by atoms with E-state index < -0.39 is 26.8 Å². The molecule has 3 aromatic rings. The first-order valence-corrected chi connectivity index (χ1v) is 10.3. The van der Waals surface area contributed by atoms with Crippen molar-refractivity contribution in [2.75, 3.05) is 6.54 Å². The zero-order valence-electron chi connectivity index (χ0n) is 13.6. The number of rotatable bonds is 6. The number of thiophene rings is 1. The molecule has 4 nitrogen and oxygen atoms in total. The van der Waals surface area contributed by atoms with Crippen LogP contribution < -0.4 is 5.32 Å². The summed E-state index contributed by atoms with van der Waals surface area (Å²) in [5.41, 5.74) is -0.116. The SMILES string of the molecule is O=C(NCC(c1cccs1)S(=O)(=O)c1ccccc1)c1ccccc1F. The predicted molar refractivity (Wildman–Crippen MR) is 99.4 cm³/mol. The van der Waals surface area contributed by atoms with Crippen LogP contribution >= 0.6 is 11.3 Å². The number of halogens is 1. The minimum Gasteiger partial charge on any atom is -0.350 e. The lowest BCUT2D eigenvalue weighted by Gasteiger charge is -2.17. The molecule has 0 fully saturated rings. The lowest BCUT2D eigenvalue weighted by molar-refractivity contribution is 0.0949. The highest BCUT2D eigenvalue weighted by molar-refractivity contribution is 7.91. The fraction of sp³-hybridized carbons (Fsp3) is 0.105. The van der Waals surface area contributed by atoms with Crippen molar-refractivity contribution >= 4 is 27.1 Å². The zero-order valence-corrected chi connectivity index (χ0v) is 15.3. The maximum Gasteiger partial charge on any atom is 0.254 e. The molecule has 1 heterocycles. The minimum absolute atomic E-state index is 0.116. The molecular weight excluding hydrogens is 373 g/mol. The second-order valence-electron chi connectivity index (χ2n) is 5.55. The molecule has 3 rings (SSSR count). The predicted octanol–water partition coefficient (Wildman–Crippen LogP) is 3.83. The van der Waals surface area contributed by atoms with Crippen molar-refractivity contribution in [1.82, 2.24) is 5.32 Å². The average Bonchev–Trinajstić information content (AvgIpc) is 3.17. The van der Waals surface area contributed by atoms with Crippen LogP contribution in [0.3, 0.4) is 0 Å². The van der Waals surface area contributed by atoms with Crippen molar-refractivity contribution in [1.29, 1.82) is 0 Å². The highest BCUT2D eigenvalue weighted by Gasteiger charge is 2.30. The van der Waals surface area contributed by atoms with Crippen LogP contribution in [0, 0.1) is 5.82 Å². The molecule has 0 aliphatic heterocycles. The van der Waals surface area contributed by atoms with Crippen molar-refractivity contribution in [3.05, 3.63) is 88.4 Å². The molecule has 1 aromatic heterocycles. The Kier molecular flexibility index (Phi) is 5.49. The summed E-state index contributed by atoms with van der Waals surface area (Å²) in [7, 11) is -3.71. The van der Waals surface area contributed by atoms with E-state index in [1.807, 2.05) is 0 Å². The summed E-state index contributed by atoms with van der Waals surface area (Å²) in [4.78, 5) is 13.1. The number of amides is 1. The summed E-state index contributed by atoms with van der Waals surface area (Å²) in [5, 5.41) is 3.39. The molecule has 0 saturated carbocycles. The van der Waals surface area contributed by atoms with Gasteiger partial charge in [0, 0.05) is 11.4 Å². The number of benzene rings is 2. The van der Waals surface area contributed by atoms with Crippen LogP contribution in [0.1, 0.15) is 20.5 Å². The van der Waals surface area contributed by atoms with Gasteiger partial charge < -0.3 is 5.32 Å². The van der Waals surface area contributed by atoms with Gasteiger partial charge in [0.1, 0.15) is 11.1 Å². The van der Waals surface area contributed by atoms with E-state index in [2.05, 4.69) is 5.32 Å². The van der Waals surface area contributed by atoms with Gasteiger partial charge in [0.15, 0.2) is 9.84 Å². The van der Waals surface area contributed by atoms with Crippen molar-refractivity contribution in [2.24, 2.45) is 0 Å². The molecule has 0 aliphatic carbocycles. The quantitative estimate of drug-likeness (QED) is 0.697. The molecular formula is C19H16FNO3S2. The van der Waals surface area contributed by atoms with E-state index in [1.54, 1.807) is 41.8 Å². The third-order valence-electron chi connectivity index (χ3n) is 3.87. The average molecular weight is 389 g/mol. The second kappa shape index (κ2) is 7.80. The van der Waals surface area contributed by atoms with Gasteiger partial charge in [0.25, 0.3) is 5.91 Å². The number of carbonyl (C=O) groups is 1. The highest BCUT2D eigenvalue weighted by atomic mass is 32.2. The molecule has 0 spiro atoms. The first-order valence-electron chi connectivity index (χ1n) is 7.85. The Morgan fingerprint density at radius 3 is 2.35 bits per heavy atom. The van der Waals surface area contributed by atoms with E-state index in [1.165, 1.54) is 41.7 Å². The van der Waals surface area contributed by atoms with Crippen molar-refractivity contribution in [3.63, 3.8) is 0 Å². The van der Waals surface area contributed by atoms with Gasteiger partial charge in [-0.15, -0.1) is 11.3 Å². The Labute approximate surface area is 155 Å². The number of carbonyl (C=O) groups excluding carboxylic acids is 1. The lowest BCUT2D eigenvalue weighted by Crippen LogP contribution is -2.32. The Bertz CT molecular complexity index is 987. The molecule has 26 heavy (non-hydrogen) atoms. The van der Waals surface area contributed by atoms with Gasteiger partial charge in [0.05, 0.1) is 10.5 Å². The molecule has 0 radical (unpaired) electrons. The summed E-state index contributed by atoms with van der Waals surface area (Å²) in [6.07, 6.45) is 0. The molecule has 1 N–H and O–H groups in total. The Morgan fingerprint density at radius 1 is 1.00 bits per heavy atom. The van der Waals surface area contributed by atoms with Gasteiger partial charge in [-0.25, -0.2) is 12.8 Å². The van der Waals surface area contributed by atoms with Crippen LogP contribution in [0.25, 0.3) is 0 Å². The van der Waals surface area contributed by atoms with E-state index in [4.69, 9.17) is 0 Å². The largest absolute Gasteiger partial charge is 0.350 e. The maximum absolute atomic E-state index is 13.8. The van der Waals surface area contributed by atoms with Crippen LogP contribution in [0.5, 0.6) is 0 Å². The second-order valence-corrected chi connectivity index (χ2v) is 8.66. The summed E-state index contributed by atoms with van der Waals surface area (Å²) < 4.78 is 39.8. The van der Waals surface area contributed by atoms with E-state index in [0.29, 0.717) is 4.88 Å². The number of hydrogen-bond donors (Lipinski definition) is 1. The molecule has 0 aliphatic rings. The van der Waals surface area contributed by atoms with E-state index in [9.17, 15) is 17.6 Å². The monoisotopic (exact) mass is 389 g/mol. The summed E-state index contributed by atoms with van der Waals surface area (Å²) in [6, 6.07) is 17.1. The van der Waals surface area contributed by atoms with Gasteiger partial charge in [0.2, 0.25) is 0 Å². The Morgan fingerprint density at radius 2 is 1.69 bits per heavy atom. The van der Waals surface area contributed by atoms with Gasteiger partial charge in [-0.2, -0.15) is 0 Å². The lowest BCUT2D eigenvalue weighted by atomic mass is 10.2. The molecule has 0 bridgehead atoms. The normalized spacial score (nSPS) is 12.5. The molecule has 1 unspecified atom stereocenters. The summed E-state index contributed by atoms with van der Waals surface area (Å²) in [5.74, 6) is -1.29. The van der Waals surface area contributed by atoms with E-state index in [0.717, 1.165) is 0 Å². The third-order valence-corrected chi connectivity index (χ3v) is 7.11. The third kappa shape index (κ3) is 3.84. The van der Waals surface area contributed by atoms with Gasteiger partial charge in [-0.1, -0.05) is 36.4 Å². The maximum atomic E-state index is 13.8. The van der Waals surface area contributed by atoms with Gasteiger partial charge in [-0.05, 0) is 35.7 Å². The Hall–Kier alpha value is -2.51. The minimum atomic E-state index is -3.71.